The van der Waals surface area contributed by atoms with Crippen molar-refractivity contribution >= 4 is 17.7 Å². The summed E-state index contributed by atoms with van der Waals surface area (Å²) < 4.78 is 7.48. The number of hydrogen-bond acceptors (Lipinski definition) is 5. The predicted molar refractivity (Wildman–Crippen MR) is 123 cm³/mol. The van der Waals surface area contributed by atoms with E-state index in [2.05, 4.69) is 30.8 Å². The molecule has 0 bridgehead atoms. The van der Waals surface area contributed by atoms with Crippen molar-refractivity contribution in [3.8, 4) is 5.69 Å². The molecule has 3 heterocycles. The number of likely N-dealkylation sites (N-methyl/N-ethyl adjacent to an activating group) is 1. The van der Waals surface area contributed by atoms with E-state index >= 15 is 0 Å². The second-order valence-electron chi connectivity index (χ2n) is 9.99. The van der Waals surface area contributed by atoms with Gasteiger partial charge in [0.15, 0.2) is 5.69 Å². The Morgan fingerprint density at radius 2 is 1.78 bits per heavy atom. The van der Waals surface area contributed by atoms with Crippen molar-refractivity contribution in [2.45, 2.75) is 65.8 Å². The number of esters is 1. The highest BCUT2D eigenvalue weighted by Crippen LogP contribution is 2.37. The molecule has 2 amide bonds. The lowest BCUT2D eigenvalue weighted by molar-refractivity contribution is 0.00619. The number of amides is 2. The van der Waals surface area contributed by atoms with Gasteiger partial charge < -0.3 is 9.64 Å². The van der Waals surface area contributed by atoms with E-state index in [9.17, 15) is 9.59 Å². The van der Waals surface area contributed by atoms with E-state index in [0.29, 0.717) is 18.8 Å². The molecule has 0 saturated carbocycles. The molecule has 8 nitrogen and oxygen atoms in total. The summed E-state index contributed by atoms with van der Waals surface area (Å²) in [5.74, 6) is -0.475. The van der Waals surface area contributed by atoms with Crippen LogP contribution in [-0.4, -0.2) is 69.2 Å². The van der Waals surface area contributed by atoms with Gasteiger partial charge in [-0.1, -0.05) is 12.1 Å². The largest absolute Gasteiger partial charge is 0.455 e. The van der Waals surface area contributed by atoms with Crippen LogP contribution in [0.5, 0.6) is 0 Å². The molecule has 1 fully saturated rings. The Balaban J connectivity index is 1.74. The van der Waals surface area contributed by atoms with Gasteiger partial charge in [0.1, 0.15) is 11.9 Å². The lowest BCUT2D eigenvalue weighted by atomic mass is 10.1. The van der Waals surface area contributed by atoms with Crippen LogP contribution in [0.4, 0.5) is 10.5 Å². The molecular weight excluding hydrogens is 406 g/mol. The van der Waals surface area contributed by atoms with Gasteiger partial charge >= 0.3 is 12.0 Å². The van der Waals surface area contributed by atoms with Gasteiger partial charge in [-0.25, -0.2) is 14.6 Å². The van der Waals surface area contributed by atoms with Crippen LogP contribution in [0.1, 0.15) is 56.4 Å². The molecule has 0 radical (unpaired) electrons. The Hall–Kier alpha value is -2.87. The third-order valence-electron chi connectivity index (χ3n) is 6.37. The number of urea groups is 1. The molecule has 4 rings (SSSR count). The van der Waals surface area contributed by atoms with Crippen LogP contribution in [0.15, 0.2) is 24.5 Å². The number of carbonyl (C=O) groups is 2. The number of hydrogen-bond donors (Lipinski definition) is 0. The number of fused-ring (bicyclic) bond motifs is 3. The second kappa shape index (κ2) is 7.92. The summed E-state index contributed by atoms with van der Waals surface area (Å²) in [4.78, 5) is 37.0. The summed E-state index contributed by atoms with van der Waals surface area (Å²) >= 11 is 0. The minimum Gasteiger partial charge on any atom is -0.455 e. The van der Waals surface area contributed by atoms with Crippen LogP contribution in [-0.2, 0) is 11.3 Å². The van der Waals surface area contributed by atoms with Crippen molar-refractivity contribution in [2.24, 2.45) is 0 Å². The second-order valence-corrected chi connectivity index (χ2v) is 9.99. The highest BCUT2D eigenvalue weighted by molar-refractivity contribution is 5.97. The zero-order valence-electron chi connectivity index (χ0n) is 20.0. The predicted octanol–water partition coefficient (Wildman–Crippen LogP) is 3.60. The van der Waals surface area contributed by atoms with Crippen LogP contribution >= 0.6 is 0 Å². The molecule has 2 atom stereocenters. The van der Waals surface area contributed by atoms with E-state index in [-0.39, 0.29) is 30.4 Å². The molecule has 0 N–H and O–H groups in total. The minimum absolute atomic E-state index is 0.0464. The lowest BCUT2D eigenvalue weighted by Gasteiger charge is -2.44. The van der Waals surface area contributed by atoms with Gasteiger partial charge in [-0.15, -0.1) is 0 Å². The molecule has 2 aliphatic heterocycles. The fourth-order valence-electron chi connectivity index (χ4n) is 4.54. The van der Waals surface area contributed by atoms with Crippen molar-refractivity contribution < 1.29 is 14.3 Å². The number of imidazole rings is 1. The molecule has 0 unspecified atom stereocenters. The molecule has 2 aromatic rings. The Labute approximate surface area is 189 Å². The molecular formula is C24H33N5O3. The summed E-state index contributed by atoms with van der Waals surface area (Å²) in [5, 5.41) is 0. The average molecular weight is 440 g/mol. The van der Waals surface area contributed by atoms with E-state index in [1.807, 2.05) is 55.4 Å². The third kappa shape index (κ3) is 3.88. The Kier molecular flexibility index (Phi) is 5.53. The Morgan fingerprint density at radius 1 is 1.12 bits per heavy atom. The minimum atomic E-state index is -0.627. The number of nitrogens with zero attached hydrogens (tertiary/aromatic N) is 5. The Morgan fingerprint density at radius 3 is 2.41 bits per heavy atom. The molecule has 32 heavy (non-hydrogen) atoms. The first-order valence-corrected chi connectivity index (χ1v) is 11.2. The SMILES string of the molecule is Cc1cccc2c1N(C(=O)N1C[C@@H](C)N(C)[C@@H](C)C1)Cc1c(C(=O)OC(C)(C)C)ncn1-2. The average Bonchev–Trinajstić information content (AvgIpc) is 3.14. The van der Waals surface area contributed by atoms with Gasteiger partial charge in [0, 0.05) is 25.2 Å². The fraction of sp³-hybridized carbons (Fsp3) is 0.542. The number of benzene rings is 1. The molecule has 172 valence electrons. The highest BCUT2D eigenvalue weighted by atomic mass is 16.6. The van der Waals surface area contributed by atoms with Crippen LogP contribution in [0.2, 0.25) is 0 Å². The number of ether oxygens (including phenoxy) is 1. The fourth-order valence-corrected chi connectivity index (χ4v) is 4.54. The van der Waals surface area contributed by atoms with E-state index in [1.54, 1.807) is 11.2 Å². The van der Waals surface area contributed by atoms with Crippen LogP contribution in [0.25, 0.3) is 5.69 Å². The molecule has 1 aromatic carbocycles. The maximum Gasteiger partial charge on any atom is 0.359 e. The quantitative estimate of drug-likeness (QED) is 0.635. The summed E-state index contributed by atoms with van der Waals surface area (Å²) in [6.45, 7) is 13.4. The summed E-state index contributed by atoms with van der Waals surface area (Å²) in [7, 11) is 2.10. The third-order valence-corrected chi connectivity index (χ3v) is 6.37. The number of piperazine rings is 1. The molecule has 2 aliphatic rings. The van der Waals surface area contributed by atoms with Crippen molar-refractivity contribution in [1.82, 2.24) is 19.4 Å². The van der Waals surface area contributed by atoms with Gasteiger partial charge in [-0.2, -0.15) is 0 Å². The molecule has 0 aliphatic carbocycles. The zero-order valence-corrected chi connectivity index (χ0v) is 20.0. The van der Waals surface area contributed by atoms with E-state index in [1.165, 1.54) is 0 Å². The molecule has 8 heteroatoms. The first-order chi connectivity index (χ1) is 15.0. The van der Waals surface area contributed by atoms with Gasteiger partial charge in [0.25, 0.3) is 0 Å². The van der Waals surface area contributed by atoms with Gasteiger partial charge in [-0.3, -0.25) is 14.4 Å². The number of anilines is 1. The van der Waals surface area contributed by atoms with Crippen LogP contribution in [0, 0.1) is 6.92 Å². The topological polar surface area (TPSA) is 70.9 Å². The number of para-hydroxylation sites is 1. The molecule has 1 saturated heterocycles. The van der Waals surface area contributed by atoms with Gasteiger partial charge in [-0.05, 0) is 60.2 Å². The number of aromatic nitrogens is 2. The van der Waals surface area contributed by atoms with E-state index in [4.69, 9.17) is 4.74 Å². The van der Waals surface area contributed by atoms with Gasteiger partial charge in [0.2, 0.25) is 0 Å². The van der Waals surface area contributed by atoms with Crippen molar-refractivity contribution in [2.75, 3.05) is 25.0 Å². The van der Waals surface area contributed by atoms with Crippen molar-refractivity contribution in [3.63, 3.8) is 0 Å². The molecule has 0 spiro atoms. The van der Waals surface area contributed by atoms with Crippen LogP contribution in [0.3, 0.4) is 0 Å². The van der Waals surface area contributed by atoms with E-state index in [0.717, 1.165) is 16.9 Å². The van der Waals surface area contributed by atoms with Gasteiger partial charge in [0.05, 0.1) is 23.6 Å². The Bertz CT molecular complexity index is 1040. The monoisotopic (exact) mass is 439 g/mol. The number of aryl methyl sites for hydroxylation is 1. The summed E-state index contributed by atoms with van der Waals surface area (Å²) in [6, 6.07) is 6.42. The van der Waals surface area contributed by atoms with E-state index < -0.39 is 11.6 Å². The zero-order chi connectivity index (χ0) is 23.4. The maximum absolute atomic E-state index is 13.8. The normalized spacial score (nSPS) is 21.2. The first kappa shape index (κ1) is 22.3. The first-order valence-electron chi connectivity index (χ1n) is 11.2. The number of carbonyl (C=O) groups excluding carboxylic acids is 2. The van der Waals surface area contributed by atoms with Crippen LogP contribution < -0.4 is 4.90 Å². The smallest absolute Gasteiger partial charge is 0.359 e. The summed E-state index contributed by atoms with van der Waals surface area (Å²) in [6.07, 6.45) is 1.65. The highest BCUT2D eigenvalue weighted by Gasteiger charge is 2.37. The summed E-state index contributed by atoms with van der Waals surface area (Å²) in [5.41, 5.74) is 3.00. The van der Waals surface area contributed by atoms with Crippen molar-refractivity contribution in [3.05, 3.63) is 41.5 Å². The molecule has 1 aromatic heterocycles. The standard InChI is InChI=1S/C24H33N5O3/c1-15-9-8-10-18-21(15)28(23(31)27-11-16(2)26(7)17(3)12-27)13-19-20(25-14-29(18)19)22(30)32-24(4,5)6/h8-10,14,16-17H,11-13H2,1-7H3/t16-,17+. The van der Waals surface area contributed by atoms with Crippen molar-refractivity contribution in [1.29, 1.82) is 0 Å². The lowest BCUT2D eigenvalue weighted by Crippen LogP contribution is -2.59. The maximum atomic E-state index is 13.8. The number of rotatable bonds is 1.